The third-order valence-electron chi connectivity index (χ3n) is 2.50. The van der Waals surface area contributed by atoms with E-state index in [1.54, 1.807) is 13.8 Å². The highest BCUT2D eigenvalue weighted by atomic mass is 16.4. The van der Waals surface area contributed by atoms with Crippen molar-refractivity contribution in [3.05, 3.63) is 0 Å². The van der Waals surface area contributed by atoms with E-state index in [0.717, 1.165) is 0 Å². The van der Waals surface area contributed by atoms with E-state index in [-0.39, 0.29) is 11.8 Å². The summed E-state index contributed by atoms with van der Waals surface area (Å²) in [6, 6.07) is -0.819. The van der Waals surface area contributed by atoms with Crippen LogP contribution in [-0.2, 0) is 9.59 Å². The maximum atomic E-state index is 11.9. The van der Waals surface area contributed by atoms with E-state index in [1.165, 1.54) is 0 Å². The quantitative estimate of drug-likeness (QED) is 0.624. The monoisotopic (exact) mass is 244 g/mol. The molecule has 0 heterocycles. The van der Waals surface area contributed by atoms with Gasteiger partial charge in [0.05, 0.1) is 5.54 Å². The van der Waals surface area contributed by atoms with E-state index in [0.29, 0.717) is 13.0 Å². The molecular formula is C12H24N2O3. The topological polar surface area (TPSA) is 78.4 Å². The number of carbonyl (C=O) groups is 2. The Labute approximate surface area is 103 Å². The van der Waals surface area contributed by atoms with Crippen LogP contribution in [0.1, 0.15) is 41.0 Å². The number of aliphatic carboxylic acids is 1. The average molecular weight is 244 g/mol. The minimum Gasteiger partial charge on any atom is -0.480 e. The molecule has 0 aromatic carbocycles. The molecule has 0 aliphatic rings. The summed E-state index contributed by atoms with van der Waals surface area (Å²) in [5.41, 5.74) is -0.751. The van der Waals surface area contributed by atoms with E-state index in [4.69, 9.17) is 5.11 Å². The molecule has 0 bridgehead atoms. The lowest BCUT2D eigenvalue weighted by molar-refractivity contribution is -0.143. The maximum Gasteiger partial charge on any atom is 0.326 e. The van der Waals surface area contributed by atoms with E-state index in [9.17, 15) is 9.59 Å². The Morgan fingerprint density at radius 1 is 1.29 bits per heavy atom. The van der Waals surface area contributed by atoms with Crippen molar-refractivity contribution in [2.45, 2.75) is 52.6 Å². The second-order valence-electron chi connectivity index (χ2n) is 5.15. The number of likely N-dealkylation sites (N-methyl/N-ethyl adjacent to an activating group) is 1. The molecule has 0 aliphatic heterocycles. The summed E-state index contributed by atoms with van der Waals surface area (Å²) in [7, 11) is 0. The summed E-state index contributed by atoms with van der Waals surface area (Å²) in [6.07, 6.45) is 0.434. The summed E-state index contributed by atoms with van der Waals surface area (Å²) < 4.78 is 0. The van der Waals surface area contributed by atoms with Crippen LogP contribution in [0.25, 0.3) is 0 Å². The number of carbonyl (C=O) groups excluding carboxylic acids is 1. The zero-order valence-corrected chi connectivity index (χ0v) is 11.3. The fraction of sp³-hybridized carbons (Fsp3) is 0.833. The minimum atomic E-state index is -0.987. The van der Waals surface area contributed by atoms with Crippen molar-refractivity contribution in [3.63, 3.8) is 0 Å². The molecule has 0 saturated heterocycles. The lowest BCUT2D eigenvalue weighted by Crippen LogP contribution is -2.56. The third-order valence-corrected chi connectivity index (χ3v) is 2.50. The number of nitrogens with one attached hydrogen (secondary N) is 2. The molecule has 0 aromatic heterocycles. The van der Waals surface area contributed by atoms with Gasteiger partial charge < -0.3 is 15.7 Å². The Hall–Kier alpha value is -1.10. The van der Waals surface area contributed by atoms with Crippen molar-refractivity contribution >= 4 is 11.9 Å². The second kappa shape index (κ2) is 6.59. The van der Waals surface area contributed by atoms with Gasteiger partial charge in [0, 0.05) is 0 Å². The largest absolute Gasteiger partial charge is 0.480 e. The zero-order chi connectivity index (χ0) is 13.6. The number of rotatable bonds is 7. The van der Waals surface area contributed by atoms with Crippen molar-refractivity contribution in [2.24, 2.45) is 5.92 Å². The van der Waals surface area contributed by atoms with Crippen LogP contribution in [0.15, 0.2) is 0 Å². The Morgan fingerprint density at radius 3 is 2.18 bits per heavy atom. The average Bonchev–Trinajstić information content (AvgIpc) is 2.15. The molecule has 5 heteroatoms. The molecule has 0 spiro atoms. The first-order valence-electron chi connectivity index (χ1n) is 5.99. The predicted molar refractivity (Wildman–Crippen MR) is 66.8 cm³/mol. The molecule has 0 saturated carbocycles. The number of amides is 1. The van der Waals surface area contributed by atoms with Gasteiger partial charge in [-0.15, -0.1) is 0 Å². The second-order valence-corrected chi connectivity index (χ2v) is 5.15. The van der Waals surface area contributed by atoms with Gasteiger partial charge in [0.1, 0.15) is 6.04 Å². The summed E-state index contributed by atoms with van der Waals surface area (Å²) in [5.74, 6) is -1.05. The van der Waals surface area contributed by atoms with Gasteiger partial charge in [0.2, 0.25) is 5.91 Å². The highest BCUT2D eigenvalue weighted by Crippen LogP contribution is 2.08. The first kappa shape index (κ1) is 15.9. The summed E-state index contributed by atoms with van der Waals surface area (Å²) in [4.78, 5) is 22.9. The van der Waals surface area contributed by atoms with Crippen LogP contribution in [0.5, 0.6) is 0 Å². The van der Waals surface area contributed by atoms with Crippen molar-refractivity contribution in [2.75, 3.05) is 6.54 Å². The molecule has 5 nitrogen and oxygen atoms in total. The summed E-state index contributed by atoms with van der Waals surface area (Å²) in [5, 5.41) is 14.6. The van der Waals surface area contributed by atoms with E-state index < -0.39 is 17.6 Å². The summed E-state index contributed by atoms with van der Waals surface area (Å²) in [6.45, 7) is 9.88. The van der Waals surface area contributed by atoms with Gasteiger partial charge in [-0.2, -0.15) is 0 Å². The number of carboxylic acid groups (broad SMARTS) is 1. The molecule has 3 N–H and O–H groups in total. The van der Waals surface area contributed by atoms with Crippen molar-refractivity contribution < 1.29 is 14.7 Å². The van der Waals surface area contributed by atoms with Gasteiger partial charge in [-0.1, -0.05) is 20.8 Å². The van der Waals surface area contributed by atoms with Crippen LogP contribution >= 0.6 is 0 Å². The first-order valence-corrected chi connectivity index (χ1v) is 5.99. The Bertz CT molecular complexity index is 275. The van der Waals surface area contributed by atoms with Crippen LogP contribution in [0, 0.1) is 5.92 Å². The molecule has 17 heavy (non-hydrogen) atoms. The van der Waals surface area contributed by atoms with Gasteiger partial charge in [-0.25, -0.2) is 4.79 Å². The lowest BCUT2D eigenvalue weighted by atomic mass is 10.0. The molecule has 0 aliphatic carbocycles. The Balaban J connectivity index is 4.55. The highest BCUT2D eigenvalue weighted by Gasteiger charge is 2.30. The van der Waals surface area contributed by atoms with Crippen LogP contribution in [-0.4, -0.2) is 35.1 Å². The van der Waals surface area contributed by atoms with Crippen molar-refractivity contribution in [1.82, 2.24) is 10.6 Å². The predicted octanol–water partition coefficient (Wildman–Crippen LogP) is 0.990. The lowest BCUT2D eigenvalue weighted by Gasteiger charge is -2.27. The van der Waals surface area contributed by atoms with Gasteiger partial charge in [-0.3, -0.25) is 4.79 Å². The van der Waals surface area contributed by atoms with E-state index >= 15 is 0 Å². The molecule has 0 radical (unpaired) electrons. The van der Waals surface area contributed by atoms with E-state index in [1.807, 2.05) is 20.8 Å². The molecule has 1 atom stereocenters. The Kier molecular flexibility index (Phi) is 6.16. The molecule has 0 fully saturated rings. The van der Waals surface area contributed by atoms with E-state index in [2.05, 4.69) is 10.6 Å². The molecule has 1 amide bonds. The van der Waals surface area contributed by atoms with Crippen LogP contribution in [0.3, 0.4) is 0 Å². The highest BCUT2D eigenvalue weighted by molar-refractivity contribution is 5.89. The minimum absolute atomic E-state index is 0.221. The molecule has 1 unspecified atom stereocenters. The number of carboxylic acids is 1. The zero-order valence-electron chi connectivity index (χ0n) is 11.3. The normalized spacial score (nSPS) is 13.5. The number of hydrogen-bond acceptors (Lipinski definition) is 3. The van der Waals surface area contributed by atoms with Crippen molar-refractivity contribution in [3.8, 4) is 0 Å². The SMILES string of the molecule is CCNC(C)(C)C(=O)NC(CC(C)C)C(=O)O. The van der Waals surface area contributed by atoms with Crippen molar-refractivity contribution in [1.29, 1.82) is 0 Å². The standard InChI is InChI=1S/C12H24N2O3/c1-6-13-12(4,5)11(17)14-9(10(15)16)7-8(2)3/h8-9,13H,6-7H2,1-5H3,(H,14,17)(H,15,16). The molecule has 0 rings (SSSR count). The van der Waals surface area contributed by atoms with Gasteiger partial charge >= 0.3 is 5.97 Å². The fourth-order valence-electron chi connectivity index (χ4n) is 1.55. The van der Waals surface area contributed by atoms with Crippen LogP contribution in [0.2, 0.25) is 0 Å². The van der Waals surface area contributed by atoms with Gasteiger partial charge in [0.25, 0.3) is 0 Å². The Morgan fingerprint density at radius 2 is 1.82 bits per heavy atom. The van der Waals surface area contributed by atoms with Crippen LogP contribution < -0.4 is 10.6 Å². The molecule has 0 aromatic rings. The first-order chi connectivity index (χ1) is 7.70. The summed E-state index contributed by atoms with van der Waals surface area (Å²) >= 11 is 0. The maximum absolute atomic E-state index is 11.9. The molecular weight excluding hydrogens is 220 g/mol. The fourth-order valence-corrected chi connectivity index (χ4v) is 1.55. The molecule has 100 valence electrons. The smallest absolute Gasteiger partial charge is 0.326 e. The van der Waals surface area contributed by atoms with Crippen LogP contribution in [0.4, 0.5) is 0 Å². The van der Waals surface area contributed by atoms with Gasteiger partial charge in [-0.05, 0) is 32.7 Å². The van der Waals surface area contributed by atoms with Gasteiger partial charge in [0.15, 0.2) is 0 Å². The number of hydrogen-bond donors (Lipinski definition) is 3. The third kappa shape index (κ3) is 5.68.